The van der Waals surface area contributed by atoms with Crippen molar-refractivity contribution in [3.05, 3.63) is 6.92 Å². The molecule has 0 saturated carbocycles. The van der Waals surface area contributed by atoms with Crippen molar-refractivity contribution < 1.29 is 0 Å². The fourth-order valence-corrected chi connectivity index (χ4v) is 1.68. The monoisotopic (exact) mass is 218 g/mol. The van der Waals surface area contributed by atoms with Crippen LogP contribution in [0.5, 0.6) is 0 Å². The lowest BCUT2D eigenvalue weighted by Gasteiger charge is -2.15. The van der Waals surface area contributed by atoms with Gasteiger partial charge in [-0.3, -0.25) is 0 Å². The molecule has 0 aliphatic heterocycles. The van der Waals surface area contributed by atoms with Crippen LogP contribution in [0.4, 0.5) is 0 Å². The van der Waals surface area contributed by atoms with Crippen LogP contribution < -0.4 is 5.73 Å². The molecule has 0 heterocycles. The zero-order chi connectivity index (χ0) is 10.8. The van der Waals surface area contributed by atoms with Gasteiger partial charge in [-0.05, 0) is 12.8 Å². The predicted octanol–water partition coefficient (Wildman–Crippen LogP) is 3.90. The van der Waals surface area contributed by atoms with E-state index in [0.29, 0.717) is 0 Å². The van der Waals surface area contributed by atoms with Crippen LogP contribution in [0.2, 0.25) is 0 Å². The Hall–Kier alpha value is 0.250. The Morgan fingerprint density at radius 2 is 1.71 bits per heavy atom. The van der Waals surface area contributed by atoms with Crippen LogP contribution in [0.25, 0.3) is 0 Å². The minimum absolute atomic E-state index is 0.0608. The molecule has 14 heavy (non-hydrogen) atoms. The van der Waals surface area contributed by atoms with Gasteiger partial charge in [0.05, 0.1) is 0 Å². The normalized spacial score (nSPS) is 15.4. The van der Waals surface area contributed by atoms with Gasteiger partial charge in [0, 0.05) is 11.4 Å². The Morgan fingerprint density at radius 3 is 2.29 bits per heavy atom. The molecule has 0 aromatic heterocycles. The van der Waals surface area contributed by atoms with E-state index in [1.807, 2.05) is 0 Å². The van der Waals surface area contributed by atoms with Crippen molar-refractivity contribution in [1.82, 2.24) is 0 Å². The van der Waals surface area contributed by atoms with Crippen LogP contribution in [0, 0.1) is 6.92 Å². The van der Waals surface area contributed by atoms with Gasteiger partial charge < -0.3 is 5.73 Å². The van der Waals surface area contributed by atoms with E-state index in [2.05, 4.69) is 13.8 Å². The summed E-state index contributed by atoms with van der Waals surface area (Å²) in [6.45, 7) is 6.00. The molecule has 2 unspecified atom stereocenters. The molecular weight excluding hydrogens is 194 g/mol. The Labute approximate surface area is 94.4 Å². The number of halogens is 1. The molecule has 0 aromatic rings. The van der Waals surface area contributed by atoms with E-state index in [0.717, 1.165) is 12.8 Å². The van der Waals surface area contributed by atoms with E-state index in [-0.39, 0.29) is 11.4 Å². The molecule has 0 saturated heterocycles. The summed E-state index contributed by atoms with van der Waals surface area (Å²) in [6, 6.07) is 0.139. The molecule has 1 radical (unpaired) electrons. The minimum atomic E-state index is 0.0608. The van der Waals surface area contributed by atoms with Gasteiger partial charge in [-0.25, -0.2) is 0 Å². The lowest BCUT2D eigenvalue weighted by molar-refractivity contribution is 0.519. The minimum Gasteiger partial charge on any atom is -0.326 e. The molecule has 0 aliphatic carbocycles. The third-order valence-corrected chi connectivity index (χ3v) is 3.17. The number of alkyl halides is 1. The van der Waals surface area contributed by atoms with Crippen molar-refractivity contribution in [1.29, 1.82) is 0 Å². The molecule has 0 bridgehead atoms. The number of hydrogen-bond donors (Lipinski definition) is 1. The van der Waals surface area contributed by atoms with E-state index in [4.69, 9.17) is 17.3 Å². The third-order valence-electron chi connectivity index (χ3n) is 2.63. The summed E-state index contributed by atoms with van der Waals surface area (Å²) in [5.41, 5.74) is 5.90. The fraction of sp³-hybridized carbons (Fsp3) is 0.917. The molecule has 2 heteroatoms. The number of rotatable bonds is 9. The largest absolute Gasteiger partial charge is 0.326 e. The van der Waals surface area contributed by atoms with E-state index in [9.17, 15) is 0 Å². The van der Waals surface area contributed by atoms with E-state index >= 15 is 0 Å². The standard InChI is InChI=1S/C12H25ClN/c1-3-5-6-7-8-9-10-12(14)11(13)4-2/h11-12H,2-10,14H2,1H3. The van der Waals surface area contributed by atoms with Crippen LogP contribution in [-0.4, -0.2) is 11.4 Å². The first-order valence-electron chi connectivity index (χ1n) is 5.91. The molecule has 0 fully saturated rings. The Balaban J connectivity index is 3.18. The molecule has 1 nitrogen and oxygen atoms in total. The van der Waals surface area contributed by atoms with Crippen molar-refractivity contribution in [2.75, 3.05) is 0 Å². The molecular formula is C12H25ClN. The zero-order valence-corrected chi connectivity index (χ0v) is 10.2. The summed E-state index contributed by atoms with van der Waals surface area (Å²) < 4.78 is 0. The van der Waals surface area contributed by atoms with Crippen molar-refractivity contribution in [2.24, 2.45) is 5.73 Å². The highest BCUT2D eigenvalue weighted by atomic mass is 35.5. The molecule has 0 amide bonds. The molecule has 0 rings (SSSR count). The summed E-state index contributed by atoms with van der Waals surface area (Å²) in [4.78, 5) is 0. The SMILES string of the molecule is [CH2]CC(Cl)C(N)CCCCCCCC. The first-order chi connectivity index (χ1) is 6.72. The fourth-order valence-electron chi connectivity index (χ4n) is 1.56. The van der Waals surface area contributed by atoms with Crippen LogP contribution in [0.3, 0.4) is 0 Å². The van der Waals surface area contributed by atoms with Gasteiger partial charge in [-0.2, -0.15) is 0 Å². The van der Waals surface area contributed by atoms with E-state index in [1.165, 1.54) is 38.5 Å². The molecule has 2 atom stereocenters. The number of nitrogens with two attached hydrogens (primary N) is 1. The number of unbranched alkanes of at least 4 members (excludes halogenated alkanes) is 5. The van der Waals surface area contributed by atoms with Gasteiger partial charge in [0.25, 0.3) is 0 Å². The van der Waals surface area contributed by atoms with Crippen molar-refractivity contribution in [3.63, 3.8) is 0 Å². The van der Waals surface area contributed by atoms with Gasteiger partial charge in [0.1, 0.15) is 0 Å². The lowest BCUT2D eigenvalue weighted by atomic mass is 10.0. The summed E-state index contributed by atoms with van der Waals surface area (Å²) in [7, 11) is 0. The Kier molecular flexibility index (Phi) is 9.97. The summed E-state index contributed by atoms with van der Waals surface area (Å²) in [6.07, 6.45) is 9.69. The molecule has 2 N–H and O–H groups in total. The van der Waals surface area contributed by atoms with E-state index in [1.54, 1.807) is 0 Å². The van der Waals surface area contributed by atoms with Crippen LogP contribution in [-0.2, 0) is 0 Å². The predicted molar refractivity (Wildman–Crippen MR) is 65.6 cm³/mol. The van der Waals surface area contributed by atoms with Crippen LogP contribution in [0.1, 0.15) is 58.3 Å². The van der Waals surface area contributed by atoms with E-state index < -0.39 is 0 Å². The summed E-state index contributed by atoms with van der Waals surface area (Å²) in [5.74, 6) is 0. The first kappa shape index (κ1) is 14.2. The highest BCUT2D eigenvalue weighted by Gasteiger charge is 2.11. The quantitative estimate of drug-likeness (QED) is 0.461. The summed E-state index contributed by atoms with van der Waals surface area (Å²) >= 11 is 5.99. The van der Waals surface area contributed by atoms with Crippen molar-refractivity contribution >= 4 is 11.6 Å². The average molecular weight is 219 g/mol. The van der Waals surface area contributed by atoms with Gasteiger partial charge in [-0.15, -0.1) is 11.6 Å². The van der Waals surface area contributed by atoms with Gasteiger partial charge in [0.2, 0.25) is 0 Å². The second-order valence-electron chi connectivity index (χ2n) is 4.02. The van der Waals surface area contributed by atoms with Crippen LogP contribution >= 0.6 is 11.6 Å². The lowest BCUT2D eigenvalue weighted by Crippen LogP contribution is -2.30. The Morgan fingerprint density at radius 1 is 1.14 bits per heavy atom. The first-order valence-corrected chi connectivity index (χ1v) is 6.34. The molecule has 0 aliphatic rings. The van der Waals surface area contributed by atoms with Crippen molar-refractivity contribution in [3.8, 4) is 0 Å². The topological polar surface area (TPSA) is 26.0 Å². The second kappa shape index (κ2) is 9.79. The van der Waals surface area contributed by atoms with Gasteiger partial charge in [0.15, 0.2) is 0 Å². The second-order valence-corrected chi connectivity index (χ2v) is 4.59. The Bertz CT molecular complexity index is 117. The molecule has 85 valence electrons. The highest BCUT2D eigenvalue weighted by molar-refractivity contribution is 6.21. The van der Waals surface area contributed by atoms with Gasteiger partial charge >= 0.3 is 0 Å². The molecule has 0 spiro atoms. The summed E-state index contributed by atoms with van der Waals surface area (Å²) in [5, 5.41) is 0.0608. The zero-order valence-electron chi connectivity index (χ0n) is 9.47. The smallest absolute Gasteiger partial charge is 0.0487 e. The average Bonchev–Trinajstić information content (AvgIpc) is 2.21. The van der Waals surface area contributed by atoms with Crippen molar-refractivity contribution in [2.45, 2.75) is 69.7 Å². The maximum atomic E-state index is 5.99. The maximum Gasteiger partial charge on any atom is 0.0487 e. The molecule has 0 aromatic carbocycles. The third kappa shape index (κ3) is 7.64. The highest BCUT2D eigenvalue weighted by Crippen LogP contribution is 2.13. The maximum absolute atomic E-state index is 5.99. The van der Waals surface area contributed by atoms with Crippen LogP contribution in [0.15, 0.2) is 0 Å². The van der Waals surface area contributed by atoms with Gasteiger partial charge in [-0.1, -0.05) is 52.4 Å². The number of hydrogen-bond acceptors (Lipinski definition) is 1.